The Morgan fingerprint density at radius 1 is 1.29 bits per heavy atom. The molecule has 0 aliphatic heterocycles. The van der Waals surface area contributed by atoms with Crippen LogP contribution in [-0.2, 0) is 0 Å². The Balaban J connectivity index is 2.39. The molecule has 4 heteroatoms. The maximum atomic E-state index is 5.95. The first-order valence-electron chi connectivity index (χ1n) is 6.38. The van der Waals surface area contributed by atoms with Crippen molar-refractivity contribution in [2.24, 2.45) is 0 Å². The van der Waals surface area contributed by atoms with Crippen LogP contribution in [0.1, 0.15) is 51.5 Å². The van der Waals surface area contributed by atoms with Gasteiger partial charge in [0.05, 0.1) is 0 Å². The van der Waals surface area contributed by atoms with E-state index in [1.165, 1.54) is 38.4 Å². The van der Waals surface area contributed by atoms with Crippen molar-refractivity contribution in [2.45, 2.75) is 58.9 Å². The zero-order chi connectivity index (χ0) is 12.7. The van der Waals surface area contributed by atoms with Gasteiger partial charge in [-0.05, 0) is 20.3 Å². The fraction of sp³-hybridized carbons (Fsp3) is 0.692. The third kappa shape index (κ3) is 4.90. The van der Waals surface area contributed by atoms with Crippen LogP contribution in [0.15, 0.2) is 6.33 Å². The lowest BCUT2D eigenvalue weighted by atomic mass is 10.1. The van der Waals surface area contributed by atoms with Gasteiger partial charge < -0.3 is 5.32 Å². The molecule has 1 unspecified atom stereocenters. The van der Waals surface area contributed by atoms with Gasteiger partial charge in [-0.3, -0.25) is 0 Å². The van der Waals surface area contributed by atoms with Crippen LogP contribution >= 0.6 is 11.6 Å². The molecule has 3 nitrogen and oxygen atoms in total. The van der Waals surface area contributed by atoms with Crippen molar-refractivity contribution in [3.63, 3.8) is 0 Å². The fourth-order valence-electron chi connectivity index (χ4n) is 1.76. The fourth-order valence-corrected chi connectivity index (χ4v) is 1.89. The minimum atomic E-state index is 0.427. The molecule has 0 amide bonds. The molecule has 0 fully saturated rings. The first-order valence-corrected chi connectivity index (χ1v) is 6.76. The molecule has 0 radical (unpaired) electrons. The van der Waals surface area contributed by atoms with Crippen molar-refractivity contribution in [2.75, 3.05) is 5.32 Å². The number of anilines is 1. The standard InChI is InChI=1S/C13H22ClN3/c1-4-5-6-7-8-10(2)17-13-11(3)12(14)15-9-16-13/h9-10H,4-8H2,1-3H3,(H,15,16,17). The van der Waals surface area contributed by atoms with Gasteiger partial charge in [0.1, 0.15) is 17.3 Å². The molecule has 1 rings (SSSR count). The summed E-state index contributed by atoms with van der Waals surface area (Å²) in [7, 11) is 0. The van der Waals surface area contributed by atoms with Crippen LogP contribution in [0.2, 0.25) is 5.15 Å². The quantitative estimate of drug-likeness (QED) is 0.586. The van der Waals surface area contributed by atoms with Crippen molar-refractivity contribution in [3.8, 4) is 0 Å². The number of nitrogens with one attached hydrogen (secondary N) is 1. The second-order valence-corrected chi connectivity index (χ2v) is 4.89. The van der Waals surface area contributed by atoms with Crippen LogP contribution < -0.4 is 5.32 Å². The molecule has 0 saturated heterocycles. The van der Waals surface area contributed by atoms with E-state index in [1.54, 1.807) is 0 Å². The number of unbranched alkanes of at least 4 members (excludes halogenated alkanes) is 3. The Hall–Kier alpha value is -0.830. The molecule has 0 bridgehead atoms. The lowest BCUT2D eigenvalue weighted by molar-refractivity contribution is 0.592. The monoisotopic (exact) mass is 255 g/mol. The highest BCUT2D eigenvalue weighted by Crippen LogP contribution is 2.19. The number of nitrogens with zero attached hydrogens (tertiary/aromatic N) is 2. The molecule has 17 heavy (non-hydrogen) atoms. The molecule has 0 aromatic carbocycles. The van der Waals surface area contributed by atoms with Gasteiger partial charge in [-0.1, -0.05) is 44.2 Å². The van der Waals surface area contributed by atoms with Crippen molar-refractivity contribution in [1.29, 1.82) is 0 Å². The first kappa shape index (κ1) is 14.2. The molecule has 1 N–H and O–H groups in total. The summed E-state index contributed by atoms with van der Waals surface area (Å²) in [6.45, 7) is 6.35. The average molecular weight is 256 g/mol. The minimum absolute atomic E-state index is 0.427. The lowest BCUT2D eigenvalue weighted by Crippen LogP contribution is -2.17. The SMILES string of the molecule is CCCCCCC(C)Nc1ncnc(Cl)c1C. The van der Waals surface area contributed by atoms with Crippen molar-refractivity contribution < 1.29 is 0 Å². The molecule has 0 saturated carbocycles. The Morgan fingerprint density at radius 2 is 2.06 bits per heavy atom. The van der Waals surface area contributed by atoms with Gasteiger partial charge in [-0.25, -0.2) is 9.97 Å². The summed E-state index contributed by atoms with van der Waals surface area (Å²) in [6, 6.07) is 0.427. The number of hydrogen-bond acceptors (Lipinski definition) is 3. The Labute approximate surface area is 109 Å². The van der Waals surface area contributed by atoms with Gasteiger partial charge in [-0.2, -0.15) is 0 Å². The van der Waals surface area contributed by atoms with E-state index in [-0.39, 0.29) is 0 Å². The minimum Gasteiger partial charge on any atom is -0.367 e. The van der Waals surface area contributed by atoms with Crippen LogP contribution in [0.25, 0.3) is 0 Å². The van der Waals surface area contributed by atoms with E-state index in [0.717, 1.165) is 11.4 Å². The number of halogens is 1. The second kappa shape index (κ2) is 7.49. The van der Waals surface area contributed by atoms with E-state index >= 15 is 0 Å². The zero-order valence-electron chi connectivity index (χ0n) is 11.0. The molecular formula is C13H22ClN3. The van der Waals surface area contributed by atoms with Crippen LogP contribution in [0.3, 0.4) is 0 Å². The van der Waals surface area contributed by atoms with Gasteiger partial charge in [0.2, 0.25) is 0 Å². The van der Waals surface area contributed by atoms with Crippen LogP contribution in [0.4, 0.5) is 5.82 Å². The van der Waals surface area contributed by atoms with E-state index < -0.39 is 0 Å². The summed E-state index contributed by atoms with van der Waals surface area (Å²) >= 11 is 5.95. The van der Waals surface area contributed by atoms with Crippen LogP contribution in [0.5, 0.6) is 0 Å². The molecule has 0 aliphatic carbocycles. The molecule has 1 atom stereocenters. The summed E-state index contributed by atoms with van der Waals surface area (Å²) < 4.78 is 0. The molecule has 0 spiro atoms. The zero-order valence-corrected chi connectivity index (χ0v) is 11.7. The van der Waals surface area contributed by atoms with Crippen LogP contribution in [0, 0.1) is 6.92 Å². The Morgan fingerprint density at radius 3 is 2.76 bits per heavy atom. The third-order valence-corrected chi connectivity index (χ3v) is 3.28. The predicted octanol–water partition coefficient (Wildman–Crippen LogP) is 4.21. The van der Waals surface area contributed by atoms with Gasteiger partial charge >= 0.3 is 0 Å². The molecule has 1 aromatic rings. The van der Waals surface area contributed by atoms with Gasteiger partial charge in [0.15, 0.2) is 0 Å². The van der Waals surface area contributed by atoms with E-state index in [4.69, 9.17) is 11.6 Å². The van der Waals surface area contributed by atoms with Gasteiger partial charge in [0, 0.05) is 11.6 Å². The highest BCUT2D eigenvalue weighted by Gasteiger charge is 2.07. The smallest absolute Gasteiger partial charge is 0.137 e. The third-order valence-electron chi connectivity index (χ3n) is 2.90. The number of aromatic nitrogens is 2. The highest BCUT2D eigenvalue weighted by atomic mass is 35.5. The maximum absolute atomic E-state index is 5.95. The number of hydrogen-bond donors (Lipinski definition) is 1. The highest BCUT2D eigenvalue weighted by molar-refractivity contribution is 6.30. The molecule has 1 aromatic heterocycles. The van der Waals surface area contributed by atoms with E-state index in [2.05, 4.69) is 29.1 Å². The van der Waals surface area contributed by atoms with Crippen LogP contribution in [-0.4, -0.2) is 16.0 Å². The van der Waals surface area contributed by atoms with E-state index in [9.17, 15) is 0 Å². The van der Waals surface area contributed by atoms with E-state index in [1.807, 2.05) is 6.92 Å². The second-order valence-electron chi connectivity index (χ2n) is 4.53. The normalized spacial score (nSPS) is 12.5. The molecular weight excluding hydrogens is 234 g/mol. The Bertz CT molecular complexity index is 341. The largest absolute Gasteiger partial charge is 0.367 e. The predicted molar refractivity (Wildman–Crippen MR) is 73.6 cm³/mol. The van der Waals surface area contributed by atoms with Crippen molar-refractivity contribution in [1.82, 2.24) is 9.97 Å². The van der Waals surface area contributed by atoms with E-state index in [0.29, 0.717) is 11.2 Å². The summed E-state index contributed by atoms with van der Waals surface area (Å²) in [4.78, 5) is 8.16. The van der Waals surface area contributed by atoms with Gasteiger partial charge in [-0.15, -0.1) is 0 Å². The first-order chi connectivity index (χ1) is 8.15. The molecule has 96 valence electrons. The van der Waals surface area contributed by atoms with Gasteiger partial charge in [0.25, 0.3) is 0 Å². The summed E-state index contributed by atoms with van der Waals surface area (Å²) in [5, 5.41) is 3.92. The summed E-state index contributed by atoms with van der Waals surface area (Å²) in [5.41, 5.74) is 0.926. The summed E-state index contributed by atoms with van der Waals surface area (Å²) in [6.07, 6.45) is 7.85. The molecule has 1 heterocycles. The topological polar surface area (TPSA) is 37.8 Å². The average Bonchev–Trinajstić information content (AvgIpc) is 2.31. The van der Waals surface area contributed by atoms with Crippen molar-refractivity contribution in [3.05, 3.63) is 17.0 Å². The number of rotatable bonds is 7. The Kier molecular flexibility index (Phi) is 6.27. The maximum Gasteiger partial charge on any atom is 0.137 e. The van der Waals surface area contributed by atoms with Crippen molar-refractivity contribution >= 4 is 17.4 Å². The summed E-state index contributed by atoms with van der Waals surface area (Å²) in [5.74, 6) is 0.855. The lowest BCUT2D eigenvalue weighted by Gasteiger charge is -2.16. The molecule has 0 aliphatic rings.